The lowest BCUT2D eigenvalue weighted by Gasteiger charge is -2.23. The van der Waals surface area contributed by atoms with E-state index in [2.05, 4.69) is 5.32 Å². The Balaban J connectivity index is 1.98. The summed E-state index contributed by atoms with van der Waals surface area (Å²) in [5, 5.41) is 3.23. The Hall–Kier alpha value is -0.910. The van der Waals surface area contributed by atoms with E-state index >= 15 is 0 Å². The van der Waals surface area contributed by atoms with E-state index in [1.54, 1.807) is 7.11 Å². The molecule has 1 heterocycles. The van der Waals surface area contributed by atoms with E-state index in [4.69, 9.17) is 9.47 Å². The molecule has 0 bridgehead atoms. The minimum absolute atomic E-state index is 0.0378. The first kappa shape index (κ1) is 12.5. The Kier molecular flexibility index (Phi) is 4.53. The zero-order chi connectivity index (χ0) is 12.1. The van der Waals surface area contributed by atoms with Gasteiger partial charge in [-0.15, -0.1) is 0 Å². The number of morpholine rings is 1. The van der Waals surface area contributed by atoms with E-state index in [1.165, 1.54) is 0 Å². The largest absolute Gasteiger partial charge is 0.497 e. The third-order valence-electron chi connectivity index (χ3n) is 2.65. The molecule has 5 heteroatoms. The first-order chi connectivity index (χ1) is 8.29. The Labute approximate surface area is 104 Å². The molecule has 2 atom stereocenters. The van der Waals surface area contributed by atoms with Gasteiger partial charge in [0.1, 0.15) is 5.75 Å². The highest BCUT2D eigenvalue weighted by molar-refractivity contribution is 7.85. The van der Waals surface area contributed by atoms with Crippen molar-refractivity contribution in [3.63, 3.8) is 0 Å². The molecule has 94 valence electrons. The molecule has 1 N–H and O–H groups in total. The van der Waals surface area contributed by atoms with Crippen LogP contribution in [-0.4, -0.2) is 42.9 Å². The van der Waals surface area contributed by atoms with Gasteiger partial charge in [0.2, 0.25) is 0 Å². The van der Waals surface area contributed by atoms with Gasteiger partial charge in [-0.05, 0) is 18.2 Å². The molecule has 0 aromatic heterocycles. The molecule has 1 fully saturated rings. The van der Waals surface area contributed by atoms with E-state index in [1.807, 2.05) is 24.3 Å². The van der Waals surface area contributed by atoms with Gasteiger partial charge >= 0.3 is 0 Å². The summed E-state index contributed by atoms with van der Waals surface area (Å²) in [5.41, 5.74) is 0. The predicted molar refractivity (Wildman–Crippen MR) is 66.9 cm³/mol. The van der Waals surface area contributed by atoms with Crippen LogP contribution in [0.25, 0.3) is 0 Å². The van der Waals surface area contributed by atoms with Crippen molar-refractivity contribution >= 4 is 10.8 Å². The number of benzene rings is 1. The number of nitrogens with one attached hydrogen (secondary N) is 1. The summed E-state index contributed by atoms with van der Waals surface area (Å²) < 4.78 is 22.8. The normalized spacial score (nSPS) is 22.1. The Bertz CT molecular complexity index is 391. The van der Waals surface area contributed by atoms with Gasteiger partial charge in [-0.25, -0.2) is 0 Å². The standard InChI is InChI=1S/C12H17NO3S/c1-15-10-3-2-4-12(7-10)17(14)9-11-8-13-5-6-16-11/h2-4,7,11,13H,5-6,8-9H2,1H3. The SMILES string of the molecule is COc1cccc(S(=O)CC2CNCCO2)c1. The van der Waals surface area contributed by atoms with Crippen LogP contribution in [0.4, 0.5) is 0 Å². The lowest BCUT2D eigenvalue weighted by molar-refractivity contribution is 0.0435. The summed E-state index contributed by atoms with van der Waals surface area (Å²) >= 11 is 0. The third kappa shape index (κ3) is 3.52. The first-order valence-corrected chi connectivity index (χ1v) is 6.96. The Morgan fingerprint density at radius 2 is 2.47 bits per heavy atom. The topological polar surface area (TPSA) is 47.6 Å². The molecule has 0 amide bonds. The summed E-state index contributed by atoms with van der Waals surface area (Å²) in [4.78, 5) is 0.790. The fourth-order valence-corrected chi connectivity index (χ4v) is 2.96. The first-order valence-electron chi connectivity index (χ1n) is 5.64. The molecule has 1 aromatic carbocycles. The van der Waals surface area contributed by atoms with Crippen LogP contribution < -0.4 is 10.1 Å². The summed E-state index contributed by atoms with van der Waals surface area (Å²) in [7, 11) is 0.570. The smallest absolute Gasteiger partial charge is 0.120 e. The van der Waals surface area contributed by atoms with Crippen LogP contribution in [0.1, 0.15) is 0 Å². The van der Waals surface area contributed by atoms with Crippen molar-refractivity contribution in [2.75, 3.05) is 32.6 Å². The molecule has 0 spiro atoms. The van der Waals surface area contributed by atoms with Crippen LogP contribution in [0.5, 0.6) is 5.75 Å². The molecular formula is C12H17NO3S. The van der Waals surface area contributed by atoms with Crippen molar-refractivity contribution in [3.8, 4) is 5.75 Å². The molecule has 0 saturated carbocycles. The number of ether oxygens (including phenoxy) is 2. The van der Waals surface area contributed by atoms with Gasteiger partial charge in [0.25, 0.3) is 0 Å². The fourth-order valence-electron chi connectivity index (χ4n) is 1.73. The molecule has 1 saturated heterocycles. The molecular weight excluding hydrogens is 238 g/mol. The fraction of sp³-hybridized carbons (Fsp3) is 0.500. The lowest BCUT2D eigenvalue weighted by atomic mass is 10.3. The van der Waals surface area contributed by atoms with Gasteiger partial charge in [-0.1, -0.05) is 6.07 Å². The molecule has 1 aromatic rings. The highest BCUT2D eigenvalue weighted by Crippen LogP contribution is 2.16. The van der Waals surface area contributed by atoms with E-state index in [9.17, 15) is 4.21 Å². The average molecular weight is 255 g/mol. The minimum atomic E-state index is -1.04. The van der Waals surface area contributed by atoms with Gasteiger partial charge in [-0.3, -0.25) is 4.21 Å². The maximum atomic E-state index is 12.1. The van der Waals surface area contributed by atoms with E-state index in [-0.39, 0.29) is 6.10 Å². The van der Waals surface area contributed by atoms with Crippen molar-refractivity contribution in [1.82, 2.24) is 5.32 Å². The van der Waals surface area contributed by atoms with Gasteiger partial charge in [-0.2, -0.15) is 0 Å². The van der Waals surface area contributed by atoms with E-state index in [0.29, 0.717) is 12.4 Å². The molecule has 1 aliphatic heterocycles. The average Bonchev–Trinajstić information content (AvgIpc) is 2.40. The number of hydrogen-bond donors (Lipinski definition) is 1. The summed E-state index contributed by atoms with van der Waals surface area (Å²) in [6.45, 7) is 2.35. The van der Waals surface area contributed by atoms with Crippen LogP contribution >= 0.6 is 0 Å². The summed E-state index contributed by atoms with van der Waals surface area (Å²) in [6, 6.07) is 7.37. The maximum Gasteiger partial charge on any atom is 0.120 e. The molecule has 2 rings (SSSR count). The molecule has 1 aliphatic rings. The second-order valence-electron chi connectivity index (χ2n) is 3.89. The zero-order valence-electron chi connectivity index (χ0n) is 9.85. The number of methoxy groups -OCH3 is 1. The number of rotatable bonds is 4. The minimum Gasteiger partial charge on any atom is -0.497 e. The third-order valence-corrected chi connectivity index (χ3v) is 4.10. The monoisotopic (exact) mass is 255 g/mol. The van der Waals surface area contributed by atoms with Crippen LogP contribution in [-0.2, 0) is 15.5 Å². The highest BCUT2D eigenvalue weighted by atomic mass is 32.2. The molecule has 4 nitrogen and oxygen atoms in total. The van der Waals surface area contributed by atoms with Crippen molar-refractivity contribution in [3.05, 3.63) is 24.3 Å². The van der Waals surface area contributed by atoms with Gasteiger partial charge in [0, 0.05) is 18.0 Å². The molecule has 0 aliphatic carbocycles. The van der Waals surface area contributed by atoms with Crippen molar-refractivity contribution in [2.45, 2.75) is 11.0 Å². The van der Waals surface area contributed by atoms with Crippen LogP contribution in [0.15, 0.2) is 29.2 Å². The van der Waals surface area contributed by atoms with Gasteiger partial charge in [0.15, 0.2) is 0 Å². The quantitative estimate of drug-likeness (QED) is 0.864. The zero-order valence-corrected chi connectivity index (χ0v) is 10.7. The van der Waals surface area contributed by atoms with Crippen molar-refractivity contribution in [2.24, 2.45) is 0 Å². The summed E-state index contributed by atoms with van der Waals surface area (Å²) in [6.07, 6.45) is 0.0378. The molecule has 0 radical (unpaired) electrons. The lowest BCUT2D eigenvalue weighted by Crippen LogP contribution is -2.41. The van der Waals surface area contributed by atoms with Crippen LogP contribution in [0, 0.1) is 0 Å². The van der Waals surface area contributed by atoms with E-state index in [0.717, 1.165) is 23.7 Å². The molecule has 17 heavy (non-hydrogen) atoms. The predicted octanol–water partition coefficient (Wildman–Crippen LogP) is 0.791. The van der Waals surface area contributed by atoms with Crippen LogP contribution in [0.2, 0.25) is 0 Å². The van der Waals surface area contributed by atoms with Crippen LogP contribution in [0.3, 0.4) is 0 Å². The van der Waals surface area contributed by atoms with Crippen molar-refractivity contribution < 1.29 is 13.7 Å². The summed E-state index contributed by atoms with van der Waals surface area (Å²) in [5.74, 6) is 1.26. The molecule has 2 unspecified atom stereocenters. The Morgan fingerprint density at radius 1 is 1.59 bits per heavy atom. The van der Waals surface area contributed by atoms with E-state index < -0.39 is 10.8 Å². The van der Waals surface area contributed by atoms with Gasteiger partial charge in [0.05, 0.1) is 36.4 Å². The second kappa shape index (κ2) is 6.14. The number of hydrogen-bond acceptors (Lipinski definition) is 4. The van der Waals surface area contributed by atoms with Gasteiger partial charge < -0.3 is 14.8 Å². The second-order valence-corrected chi connectivity index (χ2v) is 5.38. The highest BCUT2D eigenvalue weighted by Gasteiger charge is 2.17. The maximum absolute atomic E-state index is 12.1. The Morgan fingerprint density at radius 3 is 3.18 bits per heavy atom. The van der Waals surface area contributed by atoms with Crippen molar-refractivity contribution in [1.29, 1.82) is 0 Å².